The number of imide groups is 1. The Morgan fingerprint density at radius 1 is 1.00 bits per heavy atom. The number of benzene rings is 2. The van der Waals surface area contributed by atoms with Gasteiger partial charge in [0.2, 0.25) is 5.91 Å². The van der Waals surface area contributed by atoms with E-state index in [-0.39, 0.29) is 6.54 Å². The van der Waals surface area contributed by atoms with Crippen molar-refractivity contribution in [3.63, 3.8) is 0 Å². The number of hydrogen-bond donors (Lipinski definition) is 2. The van der Waals surface area contributed by atoms with E-state index < -0.39 is 23.4 Å². The van der Waals surface area contributed by atoms with Crippen LogP contribution in [0.1, 0.15) is 38.2 Å². The largest absolute Gasteiger partial charge is 0.497 e. The highest BCUT2D eigenvalue weighted by atomic mass is 16.5. The van der Waals surface area contributed by atoms with Crippen LogP contribution in [0.15, 0.2) is 48.5 Å². The van der Waals surface area contributed by atoms with E-state index in [1.807, 2.05) is 24.3 Å². The van der Waals surface area contributed by atoms with Gasteiger partial charge in [-0.3, -0.25) is 14.5 Å². The van der Waals surface area contributed by atoms with Crippen LogP contribution in [0.2, 0.25) is 0 Å². The van der Waals surface area contributed by atoms with E-state index in [2.05, 4.69) is 15.5 Å². The van der Waals surface area contributed by atoms with E-state index >= 15 is 0 Å². The molecule has 4 rings (SSSR count). The molecule has 2 heterocycles. The topological polar surface area (TPSA) is 91.0 Å². The van der Waals surface area contributed by atoms with Gasteiger partial charge in [0.15, 0.2) is 0 Å². The Labute approximate surface area is 193 Å². The second kappa shape index (κ2) is 9.52. The molecule has 2 aromatic carbocycles. The molecule has 2 fully saturated rings. The number of nitrogens with zero attached hydrogens (tertiary/aromatic N) is 2. The molecule has 4 amide bonds. The second-order valence-corrected chi connectivity index (χ2v) is 8.67. The maximum absolute atomic E-state index is 13.1. The average Bonchev–Trinajstić information content (AvgIpc) is 3.02. The fourth-order valence-electron chi connectivity index (χ4n) is 4.39. The highest BCUT2D eigenvalue weighted by Crippen LogP contribution is 2.30. The molecule has 0 aliphatic carbocycles. The lowest BCUT2D eigenvalue weighted by Crippen LogP contribution is -2.42. The number of amides is 4. The van der Waals surface area contributed by atoms with Gasteiger partial charge in [-0.1, -0.05) is 25.0 Å². The van der Waals surface area contributed by atoms with Gasteiger partial charge in [-0.05, 0) is 61.7 Å². The number of hydrogen-bond acceptors (Lipinski definition) is 5. The SMILES string of the molecule is COc1ccc(C2(C)NC(=O)N(CC(=O)Nc3ccc(N4CCCCCC4)cc3)C2=O)cc1. The Bertz CT molecular complexity index is 1010. The first kappa shape index (κ1) is 22.6. The van der Waals surface area contributed by atoms with Crippen molar-refractivity contribution in [2.24, 2.45) is 0 Å². The molecule has 174 valence electrons. The lowest BCUT2D eigenvalue weighted by atomic mass is 9.92. The highest BCUT2D eigenvalue weighted by Gasteiger charge is 2.49. The number of ether oxygens (including phenoxy) is 1. The predicted molar refractivity (Wildman–Crippen MR) is 126 cm³/mol. The summed E-state index contributed by atoms with van der Waals surface area (Å²) < 4.78 is 5.15. The summed E-state index contributed by atoms with van der Waals surface area (Å²) in [5.74, 6) is -0.249. The Morgan fingerprint density at radius 3 is 2.24 bits per heavy atom. The summed E-state index contributed by atoms with van der Waals surface area (Å²) in [4.78, 5) is 41.5. The van der Waals surface area contributed by atoms with Gasteiger partial charge in [0.25, 0.3) is 5.91 Å². The van der Waals surface area contributed by atoms with Gasteiger partial charge in [0, 0.05) is 24.5 Å². The molecule has 0 aromatic heterocycles. The molecule has 2 aliphatic rings. The number of nitrogens with one attached hydrogen (secondary N) is 2. The molecule has 2 saturated heterocycles. The Balaban J connectivity index is 1.38. The first-order valence-electron chi connectivity index (χ1n) is 11.3. The monoisotopic (exact) mass is 450 g/mol. The molecular weight excluding hydrogens is 420 g/mol. The molecule has 0 spiro atoms. The minimum atomic E-state index is -1.24. The molecule has 2 aromatic rings. The van der Waals surface area contributed by atoms with Crippen molar-refractivity contribution in [2.75, 3.05) is 37.0 Å². The molecule has 0 saturated carbocycles. The zero-order valence-electron chi connectivity index (χ0n) is 19.1. The fourth-order valence-corrected chi connectivity index (χ4v) is 4.39. The number of methoxy groups -OCH3 is 1. The zero-order chi connectivity index (χ0) is 23.4. The van der Waals surface area contributed by atoms with Crippen molar-refractivity contribution in [3.05, 3.63) is 54.1 Å². The van der Waals surface area contributed by atoms with Gasteiger partial charge in [0.1, 0.15) is 17.8 Å². The van der Waals surface area contributed by atoms with Crippen molar-refractivity contribution in [2.45, 2.75) is 38.1 Å². The number of rotatable bonds is 6. The third-order valence-corrected chi connectivity index (χ3v) is 6.37. The molecule has 2 aliphatic heterocycles. The van der Waals surface area contributed by atoms with Gasteiger partial charge in [-0.2, -0.15) is 0 Å². The predicted octanol–water partition coefficient (Wildman–Crippen LogP) is 3.48. The van der Waals surface area contributed by atoms with E-state index in [0.29, 0.717) is 17.0 Å². The highest BCUT2D eigenvalue weighted by molar-refractivity contribution is 6.10. The fraction of sp³-hybridized carbons (Fsp3) is 0.400. The van der Waals surface area contributed by atoms with Gasteiger partial charge in [-0.25, -0.2) is 4.79 Å². The quantitative estimate of drug-likeness (QED) is 0.658. The van der Waals surface area contributed by atoms with E-state index in [1.54, 1.807) is 38.3 Å². The maximum atomic E-state index is 13.1. The molecule has 1 unspecified atom stereocenters. The lowest BCUT2D eigenvalue weighted by molar-refractivity contribution is -0.133. The van der Waals surface area contributed by atoms with Crippen LogP contribution in [-0.4, -0.2) is 49.5 Å². The van der Waals surface area contributed by atoms with Crippen LogP contribution in [0, 0.1) is 0 Å². The molecule has 33 heavy (non-hydrogen) atoms. The number of anilines is 2. The van der Waals surface area contributed by atoms with Gasteiger partial charge < -0.3 is 20.3 Å². The van der Waals surface area contributed by atoms with Crippen molar-refractivity contribution >= 4 is 29.2 Å². The van der Waals surface area contributed by atoms with Crippen LogP contribution < -0.4 is 20.3 Å². The van der Waals surface area contributed by atoms with E-state index in [9.17, 15) is 14.4 Å². The van der Waals surface area contributed by atoms with Crippen molar-refractivity contribution in [1.82, 2.24) is 10.2 Å². The first-order valence-corrected chi connectivity index (χ1v) is 11.3. The lowest BCUT2D eigenvalue weighted by Gasteiger charge is -2.23. The van der Waals surface area contributed by atoms with Crippen LogP contribution in [0.25, 0.3) is 0 Å². The van der Waals surface area contributed by atoms with Crippen LogP contribution >= 0.6 is 0 Å². The zero-order valence-corrected chi connectivity index (χ0v) is 19.1. The minimum Gasteiger partial charge on any atom is -0.497 e. The number of carbonyl (C=O) groups excluding carboxylic acids is 3. The average molecular weight is 451 g/mol. The summed E-state index contributed by atoms with van der Waals surface area (Å²) in [6.45, 7) is 3.37. The number of urea groups is 1. The van der Waals surface area contributed by atoms with Gasteiger partial charge in [0.05, 0.1) is 7.11 Å². The standard InChI is InChI=1S/C25H30N4O4/c1-25(18-7-13-21(33-2)14-8-18)23(31)29(24(32)27-25)17-22(30)26-19-9-11-20(12-10-19)28-15-5-3-4-6-16-28/h7-14H,3-6,15-17H2,1-2H3,(H,26,30)(H,27,32). The van der Waals surface area contributed by atoms with E-state index in [0.717, 1.165) is 23.7 Å². The summed E-state index contributed by atoms with van der Waals surface area (Å²) >= 11 is 0. The van der Waals surface area contributed by atoms with Crippen LogP contribution in [0.3, 0.4) is 0 Å². The Hall–Kier alpha value is -3.55. The summed E-state index contributed by atoms with van der Waals surface area (Å²) in [5, 5.41) is 5.50. The van der Waals surface area contributed by atoms with Crippen molar-refractivity contribution < 1.29 is 19.1 Å². The van der Waals surface area contributed by atoms with Crippen LogP contribution in [0.5, 0.6) is 5.75 Å². The maximum Gasteiger partial charge on any atom is 0.325 e. The summed E-state index contributed by atoms with van der Waals surface area (Å²) in [6, 6.07) is 14.0. The van der Waals surface area contributed by atoms with Crippen molar-refractivity contribution in [1.29, 1.82) is 0 Å². The molecule has 0 radical (unpaired) electrons. The van der Waals surface area contributed by atoms with Gasteiger partial charge >= 0.3 is 6.03 Å². The van der Waals surface area contributed by atoms with Crippen molar-refractivity contribution in [3.8, 4) is 5.75 Å². The molecular formula is C25H30N4O4. The van der Waals surface area contributed by atoms with Gasteiger partial charge in [-0.15, -0.1) is 0 Å². The number of carbonyl (C=O) groups is 3. The normalized spacial score (nSPS) is 20.9. The smallest absolute Gasteiger partial charge is 0.325 e. The van der Waals surface area contributed by atoms with Crippen LogP contribution in [0.4, 0.5) is 16.2 Å². The first-order chi connectivity index (χ1) is 15.9. The summed E-state index contributed by atoms with van der Waals surface area (Å²) in [5.41, 5.74) is 1.15. The van der Waals surface area contributed by atoms with Crippen LogP contribution in [-0.2, 0) is 15.1 Å². The molecule has 8 nitrogen and oxygen atoms in total. The molecule has 2 N–H and O–H groups in total. The molecule has 1 atom stereocenters. The third-order valence-electron chi connectivity index (χ3n) is 6.37. The van der Waals surface area contributed by atoms with E-state index in [1.165, 1.54) is 25.7 Å². The van der Waals surface area contributed by atoms with E-state index in [4.69, 9.17) is 4.74 Å². The molecule has 0 bridgehead atoms. The molecule has 8 heteroatoms. The summed E-state index contributed by atoms with van der Waals surface area (Å²) in [6.07, 6.45) is 4.93. The Morgan fingerprint density at radius 2 is 1.64 bits per heavy atom. The third kappa shape index (κ3) is 4.79. The second-order valence-electron chi connectivity index (χ2n) is 8.67. The Kier molecular flexibility index (Phi) is 6.53. The summed E-state index contributed by atoms with van der Waals surface area (Å²) in [7, 11) is 1.56. The minimum absolute atomic E-state index is 0.357.